The van der Waals surface area contributed by atoms with Crippen molar-refractivity contribution in [2.24, 2.45) is 5.92 Å². The Morgan fingerprint density at radius 2 is 1.93 bits per heavy atom. The van der Waals surface area contributed by atoms with Gasteiger partial charge in [-0.2, -0.15) is 0 Å². The summed E-state index contributed by atoms with van der Waals surface area (Å²) in [6, 6.07) is 9.71. The van der Waals surface area contributed by atoms with E-state index in [0.29, 0.717) is 37.4 Å². The lowest BCUT2D eigenvalue weighted by atomic mass is 9.91. The number of hydrogen-bond acceptors (Lipinski definition) is 5. The minimum Gasteiger partial charge on any atom is -0.493 e. The summed E-state index contributed by atoms with van der Waals surface area (Å²) in [5.74, 6) is 0.377. The number of pyridine rings is 1. The van der Waals surface area contributed by atoms with Crippen molar-refractivity contribution in [1.82, 2.24) is 9.88 Å². The zero-order valence-corrected chi connectivity index (χ0v) is 16.0. The molecule has 1 saturated heterocycles. The van der Waals surface area contributed by atoms with E-state index in [1.165, 1.54) is 0 Å². The van der Waals surface area contributed by atoms with Crippen molar-refractivity contribution < 1.29 is 19.4 Å². The highest BCUT2D eigenvalue weighted by Gasteiger charge is 2.33. The number of piperidine rings is 1. The van der Waals surface area contributed by atoms with E-state index < -0.39 is 5.97 Å². The number of aryl methyl sites for hydroxylation is 1. The SMILES string of the molecule is COc1cccc(C(c2ncccc2C)N2CCC(C(=O)O)CC2)c1OC. The monoisotopic (exact) mass is 370 g/mol. The number of para-hydroxylation sites is 1. The van der Waals surface area contributed by atoms with E-state index >= 15 is 0 Å². The third-order valence-electron chi connectivity index (χ3n) is 5.28. The van der Waals surface area contributed by atoms with Gasteiger partial charge in [0.1, 0.15) is 0 Å². The summed E-state index contributed by atoms with van der Waals surface area (Å²) < 4.78 is 11.2. The standard InChI is InChI=1S/C21H26N2O4/c1-14-6-5-11-22-18(14)19(23-12-9-15(10-13-23)21(24)25)16-7-4-8-17(26-2)20(16)27-3/h4-8,11,15,19H,9-10,12-13H2,1-3H3,(H,24,25). The number of aliphatic carboxylic acids is 1. The van der Waals surface area contributed by atoms with E-state index in [1.807, 2.05) is 37.3 Å². The fourth-order valence-corrected chi connectivity index (χ4v) is 3.83. The molecule has 1 aliphatic rings. The predicted octanol–water partition coefficient (Wildman–Crippen LogP) is 3.29. The summed E-state index contributed by atoms with van der Waals surface area (Å²) >= 11 is 0. The molecule has 0 radical (unpaired) electrons. The van der Waals surface area contributed by atoms with Crippen molar-refractivity contribution in [2.75, 3.05) is 27.3 Å². The first-order valence-corrected chi connectivity index (χ1v) is 9.16. The lowest BCUT2D eigenvalue weighted by Gasteiger charge is -2.37. The van der Waals surface area contributed by atoms with Gasteiger partial charge in [0.05, 0.1) is 31.9 Å². The predicted molar refractivity (Wildman–Crippen MR) is 102 cm³/mol. The minimum atomic E-state index is -0.709. The van der Waals surface area contributed by atoms with Crippen LogP contribution in [0.4, 0.5) is 0 Å². The van der Waals surface area contributed by atoms with Gasteiger partial charge in [0.25, 0.3) is 0 Å². The van der Waals surface area contributed by atoms with Crippen molar-refractivity contribution in [2.45, 2.75) is 25.8 Å². The highest BCUT2D eigenvalue weighted by Crippen LogP contribution is 2.41. The number of carbonyl (C=O) groups is 1. The largest absolute Gasteiger partial charge is 0.493 e. The number of benzene rings is 1. The molecule has 0 aliphatic carbocycles. The summed E-state index contributed by atoms with van der Waals surface area (Å²) in [4.78, 5) is 18.3. The quantitative estimate of drug-likeness (QED) is 0.841. The van der Waals surface area contributed by atoms with Gasteiger partial charge in [0.2, 0.25) is 0 Å². The molecule has 3 rings (SSSR count). The van der Waals surface area contributed by atoms with Crippen molar-refractivity contribution >= 4 is 5.97 Å². The average Bonchev–Trinajstić information content (AvgIpc) is 2.69. The maximum Gasteiger partial charge on any atom is 0.306 e. The lowest BCUT2D eigenvalue weighted by Crippen LogP contribution is -2.39. The Morgan fingerprint density at radius 3 is 2.52 bits per heavy atom. The van der Waals surface area contributed by atoms with Crippen molar-refractivity contribution in [3.63, 3.8) is 0 Å². The first kappa shape index (κ1) is 19.2. The van der Waals surface area contributed by atoms with E-state index in [0.717, 1.165) is 16.8 Å². The zero-order chi connectivity index (χ0) is 19.4. The number of aromatic nitrogens is 1. The summed E-state index contributed by atoms with van der Waals surface area (Å²) in [5.41, 5.74) is 3.03. The van der Waals surface area contributed by atoms with Crippen LogP contribution in [0.1, 0.15) is 35.7 Å². The first-order chi connectivity index (χ1) is 13.1. The molecule has 1 N–H and O–H groups in total. The molecule has 0 amide bonds. The molecule has 1 fully saturated rings. The van der Waals surface area contributed by atoms with Crippen LogP contribution in [-0.2, 0) is 4.79 Å². The van der Waals surface area contributed by atoms with E-state index in [1.54, 1.807) is 20.4 Å². The Morgan fingerprint density at radius 1 is 1.19 bits per heavy atom. The van der Waals surface area contributed by atoms with Crippen molar-refractivity contribution in [1.29, 1.82) is 0 Å². The van der Waals surface area contributed by atoms with Crippen molar-refractivity contribution in [3.05, 3.63) is 53.3 Å². The van der Waals surface area contributed by atoms with Gasteiger partial charge in [-0.05, 0) is 50.6 Å². The number of ether oxygens (including phenoxy) is 2. The molecule has 144 valence electrons. The van der Waals surface area contributed by atoms with Gasteiger partial charge in [-0.15, -0.1) is 0 Å². The Bertz CT molecular complexity index is 801. The second-order valence-corrected chi connectivity index (χ2v) is 6.84. The van der Waals surface area contributed by atoms with Crippen LogP contribution < -0.4 is 9.47 Å². The molecule has 6 nitrogen and oxygen atoms in total. The number of likely N-dealkylation sites (tertiary alicyclic amines) is 1. The summed E-state index contributed by atoms with van der Waals surface area (Å²) in [7, 11) is 3.27. The first-order valence-electron chi connectivity index (χ1n) is 9.16. The number of rotatable bonds is 6. The molecular formula is C21H26N2O4. The summed E-state index contributed by atoms with van der Waals surface area (Å²) in [6.45, 7) is 3.43. The van der Waals surface area contributed by atoms with Crippen LogP contribution in [0.25, 0.3) is 0 Å². The highest BCUT2D eigenvalue weighted by molar-refractivity contribution is 5.70. The van der Waals surface area contributed by atoms with Crippen LogP contribution in [0.5, 0.6) is 11.5 Å². The molecule has 2 aromatic rings. The molecule has 27 heavy (non-hydrogen) atoms. The topological polar surface area (TPSA) is 71.9 Å². The van der Waals surface area contributed by atoms with E-state index in [4.69, 9.17) is 9.47 Å². The molecule has 1 atom stereocenters. The smallest absolute Gasteiger partial charge is 0.306 e. The molecule has 1 aromatic carbocycles. The molecule has 1 unspecified atom stereocenters. The maximum absolute atomic E-state index is 11.3. The second kappa shape index (κ2) is 8.39. The van der Waals surface area contributed by atoms with Crippen LogP contribution in [0.15, 0.2) is 36.5 Å². The normalized spacial score (nSPS) is 16.7. The summed E-state index contributed by atoms with van der Waals surface area (Å²) in [5, 5.41) is 9.32. The molecule has 0 saturated carbocycles. The third-order valence-corrected chi connectivity index (χ3v) is 5.28. The zero-order valence-electron chi connectivity index (χ0n) is 16.0. The lowest BCUT2D eigenvalue weighted by molar-refractivity contribution is -0.143. The minimum absolute atomic E-state index is 0.119. The van der Waals surface area contributed by atoms with Crippen LogP contribution in [0.2, 0.25) is 0 Å². The maximum atomic E-state index is 11.3. The van der Waals surface area contributed by atoms with E-state index in [-0.39, 0.29) is 12.0 Å². The average molecular weight is 370 g/mol. The second-order valence-electron chi connectivity index (χ2n) is 6.84. The fourth-order valence-electron chi connectivity index (χ4n) is 3.83. The van der Waals surface area contributed by atoms with Gasteiger partial charge in [0, 0.05) is 11.8 Å². The van der Waals surface area contributed by atoms with Gasteiger partial charge < -0.3 is 14.6 Å². The number of methoxy groups -OCH3 is 2. The Labute approximate surface area is 159 Å². The number of carboxylic acid groups (broad SMARTS) is 1. The molecule has 0 bridgehead atoms. The highest BCUT2D eigenvalue weighted by atomic mass is 16.5. The van der Waals surface area contributed by atoms with Gasteiger partial charge >= 0.3 is 5.97 Å². The van der Waals surface area contributed by atoms with E-state index in [9.17, 15) is 9.90 Å². The molecule has 1 aromatic heterocycles. The fraction of sp³-hybridized carbons (Fsp3) is 0.429. The molecule has 0 spiro atoms. The third kappa shape index (κ3) is 3.90. The van der Waals surface area contributed by atoms with E-state index in [2.05, 4.69) is 9.88 Å². The Hall–Kier alpha value is -2.60. The van der Waals surface area contributed by atoms with Gasteiger partial charge in [-0.3, -0.25) is 14.7 Å². The van der Waals surface area contributed by atoms with Crippen LogP contribution in [0.3, 0.4) is 0 Å². The van der Waals surface area contributed by atoms with Crippen molar-refractivity contribution in [3.8, 4) is 11.5 Å². The molecular weight excluding hydrogens is 344 g/mol. The molecule has 1 aliphatic heterocycles. The van der Waals surface area contributed by atoms with Crippen LogP contribution in [0, 0.1) is 12.8 Å². The van der Waals surface area contributed by atoms with Gasteiger partial charge in [-0.1, -0.05) is 18.2 Å². The van der Waals surface area contributed by atoms with Gasteiger partial charge in [-0.25, -0.2) is 0 Å². The Kier molecular flexibility index (Phi) is 5.96. The molecule has 2 heterocycles. The molecule has 6 heteroatoms. The Balaban J connectivity index is 2.05. The number of carboxylic acids is 1. The summed E-state index contributed by atoms with van der Waals surface area (Å²) in [6.07, 6.45) is 3.06. The number of hydrogen-bond donors (Lipinski definition) is 1. The van der Waals surface area contributed by atoms with Crippen LogP contribution >= 0.6 is 0 Å². The number of nitrogens with zero attached hydrogens (tertiary/aromatic N) is 2. The van der Waals surface area contributed by atoms with Gasteiger partial charge in [0.15, 0.2) is 11.5 Å². The van der Waals surface area contributed by atoms with Crippen LogP contribution in [-0.4, -0.2) is 48.3 Å².